The van der Waals surface area contributed by atoms with Crippen LogP contribution in [0.3, 0.4) is 0 Å². The minimum absolute atomic E-state index is 0.933. The molecule has 3 aromatic rings. The van der Waals surface area contributed by atoms with Gasteiger partial charge >= 0.3 is 0 Å². The Kier molecular flexibility index (Phi) is 4.71. The summed E-state index contributed by atoms with van der Waals surface area (Å²) in [5, 5.41) is 8.88. The van der Waals surface area contributed by atoms with E-state index in [-0.39, 0.29) is 0 Å². The normalized spacial score (nSPS) is 14.7. The van der Waals surface area contributed by atoms with Gasteiger partial charge in [0.25, 0.3) is 0 Å². The van der Waals surface area contributed by atoms with E-state index in [0.29, 0.717) is 0 Å². The number of benzene rings is 2. The lowest BCUT2D eigenvalue weighted by Gasteiger charge is -2.20. The molecule has 0 atom stereocenters. The van der Waals surface area contributed by atoms with Crippen molar-refractivity contribution in [2.45, 2.75) is 19.5 Å². The molecule has 0 unspecified atom stereocenters. The van der Waals surface area contributed by atoms with Gasteiger partial charge < -0.3 is 9.47 Å². The highest BCUT2D eigenvalue weighted by Crippen LogP contribution is 2.21. The molecule has 0 N–H and O–H groups in total. The van der Waals surface area contributed by atoms with Crippen LogP contribution in [-0.2, 0) is 19.5 Å². The second-order valence-corrected chi connectivity index (χ2v) is 7.04. The molecule has 2 aromatic carbocycles. The molecule has 0 bridgehead atoms. The summed E-state index contributed by atoms with van der Waals surface area (Å²) in [6.07, 6.45) is 0.940. The fourth-order valence-electron chi connectivity index (χ4n) is 3.48. The summed E-state index contributed by atoms with van der Waals surface area (Å²) in [5.41, 5.74) is 3.74. The monoisotopic (exact) mass is 347 g/mol. The molecule has 5 nitrogen and oxygen atoms in total. The number of fused-ring (bicyclic) bond motifs is 1. The van der Waals surface area contributed by atoms with E-state index in [2.05, 4.69) is 87.2 Å². The molecule has 0 fully saturated rings. The van der Waals surface area contributed by atoms with Crippen LogP contribution in [0, 0.1) is 0 Å². The highest BCUT2D eigenvalue weighted by atomic mass is 15.3. The third-order valence-corrected chi connectivity index (χ3v) is 5.01. The van der Waals surface area contributed by atoms with E-state index >= 15 is 0 Å². The van der Waals surface area contributed by atoms with Crippen LogP contribution in [0.2, 0.25) is 0 Å². The van der Waals surface area contributed by atoms with E-state index in [9.17, 15) is 0 Å². The van der Waals surface area contributed by atoms with Crippen LogP contribution < -0.4 is 4.90 Å². The molecule has 0 spiro atoms. The first kappa shape index (κ1) is 16.8. The zero-order valence-electron chi connectivity index (χ0n) is 15.5. The van der Waals surface area contributed by atoms with E-state index in [1.165, 1.54) is 11.3 Å². The molecule has 4 rings (SSSR count). The Bertz CT molecular complexity index is 852. The van der Waals surface area contributed by atoms with Crippen LogP contribution in [0.4, 0.5) is 5.69 Å². The molecule has 1 aromatic heterocycles. The first-order chi connectivity index (χ1) is 12.7. The Labute approximate surface area is 154 Å². The quantitative estimate of drug-likeness (QED) is 0.727. The van der Waals surface area contributed by atoms with Crippen LogP contribution in [0.1, 0.15) is 11.4 Å². The van der Waals surface area contributed by atoms with E-state index in [4.69, 9.17) is 0 Å². The van der Waals surface area contributed by atoms with Crippen LogP contribution in [0.15, 0.2) is 54.6 Å². The van der Waals surface area contributed by atoms with Gasteiger partial charge in [-0.05, 0) is 17.7 Å². The topological polar surface area (TPSA) is 37.2 Å². The summed E-state index contributed by atoms with van der Waals surface area (Å²) < 4.78 is 2.28. The molecule has 0 amide bonds. The van der Waals surface area contributed by atoms with Gasteiger partial charge in [-0.2, -0.15) is 0 Å². The van der Waals surface area contributed by atoms with Gasteiger partial charge in [-0.3, -0.25) is 4.90 Å². The smallest absolute Gasteiger partial charge is 0.164 e. The molecule has 0 saturated carbocycles. The average Bonchev–Trinajstić information content (AvgIpc) is 2.98. The van der Waals surface area contributed by atoms with Crippen LogP contribution >= 0.6 is 0 Å². The number of nitrogens with zero attached hydrogens (tertiary/aromatic N) is 5. The van der Waals surface area contributed by atoms with Crippen molar-refractivity contribution in [2.75, 3.05) is 32.1 Å². The number of aromatic nitrogens is 3. The molecule has 0 radical (unpaired) electrons. The Morgan fingerprint density at radius 2 is 1.65 bits per heavy atom. The van der Waals surface area contributed by atoms with Gasteiger partial charge in [-0.25, -0.2) is 0 Å². The van der Waals surface area contributed by atoms with Crippen molar-refractivity contribution in [3.63, 3.8) is 0 Å². The number of hydrogen-bond donors (Lipinski definition) is 0. The molecule has 134 valence electrons. The average molecular weight is 347 g/mol. The Morgan fingerprint density at radius 3 is 2.38 bits per heavy atom. The third kappa shape index (κ3) is 3.48. The fraction of sp³-hybridized carbons (Fsp3) is 0.333. The molecule has 0 saturated heterocycles. The summed E-state index contributed by atoms with van der Waals surface area (Å²) in [4.78, 5) is 4.64. The van der Waals surface area contributed by atoms with Gasteiger partial charge in [0.1, 0.15) is 5.82 Å². The van der Waals surface area contributed by atoms with Gasteiger partial charge in [0.05, 0.1) is 0 Å². The maximum Gasteiger partial charge on any atom is 0.164 e. The second-order valence-electron chi connectivity index (χ2n) is 7.04. The largest absolute Gasteiger partial charge is 0.378 e. The number of rotatable bonds is 4. The minimum atomic E-state index is 0.933. The summed E-state index contributed by atoms with van der Waals surface area (Å²) in [5.74, 6) is 2.08. The highest BCUT2D eigenvalue weighted by molar-refractivity contribution is 5.55. The van der Waals surface area contributed by atoms with Crippen LogP contribution in [-0.4, -0.2) is 46.8 Å². The summed E-state index contributed by atoms with van der Waals surface area (Å²) in [7, 11) is 4.15. The lowest BCUT2D eigenvalue weighted by Crippen LogP contribution is -2.26. The molecule has 0 aliphatic carbocycles. The minimum Gasteiger partial charge on any atom is -0.378 e. The Balaban J connectivity index is 1.46. The van der Waals surface area contributed by atoms with Crippen molar-refractivity contribution < 1.29 is 0 Å². The van der Waals surface area contributed by atoms with Crippen molar-refractivity contribution in [3.8, 4) is 11.4 Å². The lowest BCUT2D eigenvalue weighted by molar-refractivity contribution is 0.271. The van der Waals surface area contributed by atoms with Gasteiger partial charge in [0, 0.05) is 57.9 Å². The summed E-state index contributed by atoms with van der Waals surface area (Å²) in [6.45, 7) is 3.94. The SMILES string of the molecule is CN(C)c1ccc(CN2CCc3nnc(-c4ccccc4)n3CC2)cc1. The van der Waals surface area contributed by atoms with Gasteiger partial charge in [0.15, 0.2) is 5.82 Å². The maximum atomic E-state index is 4.45. The van der Waals surface area contributed by atoms with Crippen molar-refractivity contribution in [2.24, 2.45) is 0 Å². The Morgan fingerprint density at radius 1 is 0.885 bits per heavy atom. The van der Waals surface area contributed by atoms with Crippen molar-refractivity contribution in [1.82, 2.24) is 19.7 Å². The summed E-state index contributed by atoms with van der Waals surface area (Å²) >= 11 is 0. The van der Waals surface area contributed by atoms with Crippen molar-refractivity contribution in [3.05, 3.63) is 66.0 Å². The predicted octanol–water partition coefficient (Wildman–Crippen LogP) is 3.07. The molecular weight excluding hydrogens is 322 g/mol. The van der Waals surface area contributed by atoms with E-state index in [0.717, 1.165) is 49.8 Å². The molecule has 1 aliphatic rings. The first-order valence-corrected chi connectivity index (χ1v) is 9.17. The number of anilines is 1. The van der Waals surface area contributed by atoms with Gasteiger partial charge in [0.2, 0.25) is 0 Å². The molecule has 1 aliphatic heterocycles. The molecular formula is C21H25N5. The van der Waals surface area contributed by atoms with E-state index in [1.54, 1.807) is 0 Å². The van der Waals surface area contributed by atoms with Gasteiger partial charge in [-0.15, -0.1) is 10.2 Å². The first-order valence-electron chi connectivity index (χ1n) is 9.17. The Hall–Kier alpha value is -2.66. The molecule has 2 heterocycles. The van der Waals surface area contributed by atoms with Crippen molar-refractivity contribution >= 4 is 5.69 Å². The molecule has 26 heavy (non-hydrogen) atoms. The van der Waals surface area contributed by atoms with Crippen LogP contribution in [0.25, 0.3) is 11.4 Å². The predicted molar refractivity (Wildman–Crippen MR) is 105 cm³/mol. The molecule has 5 heteroatoms. The summed E-state index contributed by atoms with van der Waals surface area (Å²) in [6, 6.07) is 19.2. The third-order valence-electron chi connectivity index (χ3n) is 5.01. The van der Waals surface area contributed by atoms with E-state index in [1.807, 2.05) is 6.07 Å². The van der Waals surface area contributed by atoms with Gasteiger partial charge in [-0.1, -0.05) is 42.5 Å². The fourth-order valence-corrected chi connectivity index (χ4v) is 3.48. The second kappa shape index (κ2) is 7.30. The lowest BCUT2D eigenvalue weighted by atomic mass is 10.2. The highest BCUT2D eigenvalue weighted by Gasteiger charge is 2.19. The van der Waals surface area contributed by atoms with E-state index < -0.39 is 0 Å². The maximum absolute atomic E-state index is 4.45. The zero-order chi connectivity index (χ0) is 17.9. The van der Waals surface area contributed by atoms with Crippen molar-refractivity contribution in [1.29, 1.82) is 0 Å². The zero-order valence-corrected chi connectivity index (χ0v) is 15.5. The van der Waals surface area contributed by atoms with Crippen LogP contribution in [0.5, 0.6) is 0 Å². The number of hydrogen-bond acceptors (Lipinski definition) is 4. The standard InChI is InChI=1S/C21H25N5/c1-24(2)19-10-8-17(9-11-19)16-25-13-12-20-22-23-21(26(20)15-14-25)18-6-4-3-5-7-18/h3-11H,12-16H2,1-2H3.